The van der Waals surface area contributed by atoms with E-state index >= 15 is 0 Å². The molecule has 0 aromatic heterocycles. The molecule has 2 aliphatic heterocycles. The van der Waals surface area contributed by atoms with Gasteiger partial charge in [-0.1, -0.05) is 0 Å². The summed E-state index contributed by atoms with van der Waals surface area (Å²) in [5.74, 6) is 1.24. The van der Waals surface area contributed by atoms with Gasteiger partial charge >= 0.3 is 0 Å². The first-order valence-electron chi connectivity index (χ1n) is 7.25. The number of nitrogens with zero attached hydrogens (tertiary/aromatic N) is 1. The normalized spacial score (nSPS) is 29.8. The van der Waals surface area contributed by atoms with Gasteiger partial charge in [0.2, 0.25) is 5.91 Å². The second-order valence-corrected chi connectivity index (χ2v) is 5.74. The smallest absolute Gasteiger partial charge is 0.228 e. The Bertz CT molecular complexity index is 275. The summed E-state index contributed by atoms with van der Waals surface area (Å²) in [4.78, 5) is 14.4. The highest BCUT2D eigenvalue weighted by atomic mass is 16.5. The molecule has 1 amide bonds. The van der Waals surface area contributed by atoms with Crippen LogP contribution >= 0.6 is 0 Å². The molecule has 0 bridgehead atoms. The quantitative estimate of drug-likeness (QED) is 0.821. The van der Waals surface area contributed by atoms with Crippen molar-refractivity contribution in [3.05, 3.63) is 0 Å². The van der Waals surface area contributed by atoms with Crippen LogP contribution in [0.25, 0.3) is 0 Å². The van der Waals surface area contributed by atoms with Gasteiger partial charge in [0.25, 0.3) is 0 Å². The first-order chi connectivity index (χ1) is 8.70. The van der Waals surface area contributed by atoms with Crippen molar-refractivity contribution >= 4 is 5.91 Å². The zero-order valence-electron chi connectivity index (χ0n) is 11.7. The van der Waals surface area contributed by atoms with Gasteiger partial charge < -0.3 is 15.0 Å². The van der Waals surface area contributed by atoms with Gasteiger partial charge in [-0.05, 0) is 52.1 Å². The molecule has 2 atom stereocenters. The third-order valence-corrected chi connectivity index (χ3v) is 4.28. The summed E-state index contributed by atoms with van der Waals surface area (Å²) in [6.07, 6.45) is 4.72. The summed E-state index contributed by atoms with van der Waals surface area (Å²) >= 11 is 0. The molecule has 4 nitrogen and oxygen atoms in total. The maximum absolute atomic E-state index is 12.3. The third-order valence-electron chi connectivity index (χ3n) is 4.28. The predicted octanol–water partition coefficient (Wildman–Crippen LogP) is 1.26. The van der Waals surface area contributed by atoms with Gasteiger partial charge in [0.1, 0.15) is 0 Å². The molecule has 104 valence electrons. The van der Waals surface area contributed by atoms with E-state index in [1.807, 2.05) is 7.05 Å². The number of carbonyl (C=O) groups excluding carboxylic acids is 1. The topological polar surface area (TPSA) is 41.6 Å². The fraction of sp³-hybridized carbons (Fsp3) is 0.929. The molecular weight excluding hydrogens is 228 g/mol. The van der Waals surface area contributed by atoms with E-state index in [0.29, 0.717) is 12.5 Å². The van der Waals surface area contributed by atoms with Crippen LogP contribution in [0.2, 0.25) is 0 Å². The highest BCUT2D eigenvalue weighted by Gasteiger charge is 2.33. The number of likely N-dealkylation sites (tertiary alicyclic amines) is 1. The Morgan fingerprint density at radius 3 is 2.67 bits per heavy atom. The van der Waals surface area contributed by atoms with Crippen molar-refractivity contribution in [2.45, 2.75) is 38.7 Å². The van der Waals surface area contributed by atoms with Gasteiger partial charge in [0.15, 0.2) is 0 Å². The predicted molar refractivity (Wildman–Crippen MR) is 71.4 cm³/mol. The Morgan fingerprint density at radius 1 is 1.39 bits per heavy atom. The van der Waals surface area contributed by atoms with Crippen molar-refractivity contribution in [2.75, 3.05) is 33.3 Å². The lowest BCUT2D eigenvalue weighted by molar-refractivity contribution is -0.136. The summed E-state index contributed by atoms with van der Waals surface area (Å²) in [7, 11) is 2.00. The Balaban J connectivity index is 1.73. The molecule has 2 heterocycles. The molecule has 0 saturated carbocycles. The lowest BCUT2D eigenvalue weighted by atomic mass is 9.92. The van der Waals surface area contributed by atoms with Gasteiger partial charge in [0, 0.05) is 13.1 Å². The third kappa shape index (κ3) is 3.45. The minimum absolute atomic E-state index is 0.119. The Kier molecular flexibility index (Phi) is 5.01. The molecule has 4 heteroatoms. The van der Waals surface area contributed by atoms with Gasteiger partial charge in [-0.2, -0.15) is 0 Å². The molecule has 1 N–H and O–H groups in total. The number of nitrogens with one attached hydrogen (secondary N) is 1. The average Bonchev–Trinajstić information content (AvgIpc) is 2.83. The summed E-state index contributed by atoms with van der Waals surface area (Å²) in [6, 6.07) is 0. The van der Waals surface area contributed by atoms with E-state index in [2.05, 4.69) is 17.1 Å². The number of rotatable bonds is 4. The molecule has 0 aliphatic carbocycles. The molecule has 0 aromatic carbocycles. The van der Waals surface area contributed by atoms with E-state index in [-0.39, 0.29) is 12.0 Å². The van der Waals surface area contributed by atoms with Crippen molar-refractivity contribution in [2.24, 2.45) is 11.8 Å². The van der Waals surface area contributed by atoms with E-state index in [1.165, 1.54) is 6.42 Å². The monoisotopic (exact) mass is 254 g/mol. The molecule has 2 aliphatic rings. The average molecular weight is 254 g/mol. The van der Waals surface area contributed by atoms with Crippen LogP contribution < -0.4 is 5.32 Å². The summed E-state index contributed by atoms with van der Waals surface area (Å²) < 4.78 is 5.50. The molecule has 2 unspecified atom stereocenters. The number of carbonyl (C=O) groups is 1. The van der Waals surface area contributed by atoms with Crippen LogP contribution in [0, 0.1) is 11.8 Å². The zero-order valence-corrected chi connectivity index (χ0v) is 11.7. The van der Waals surface area contributed by atoms with Crippen molar-refractivity contribution in [3.63, 3.8) is 0 Å². The van der Waals surface area contributed by atoms with E-state index in [9.17, 15) is 4.79 Å². The SMILES string of the molecule is CNCCC1CCN(C(=O)C2COC(C)C2)CC1. The van der Waals surface area contributed by atoms with Gasteiger partial charge in [0.05, 0.1) is 18.6 Å². The van der Waals surface area contributed by atoms with Gasteiger partial charge in [-0.25, -0.2) is 0 Å². The molecule has 2 saturated heterocycles. The zero-order chi connectivity index (χ0) is 13.0. The fourth-order valence-electron chi connectivity index (χ4n) is 3.04. The lowest BCUT2D eigenvalue weighted by Gasteiger charge is -2.33. The second-order valence-electron chi connectivity index (χ2n) is 5.74. The number of hydrogen-bond donors (Lipinski definition) is 1. The Hall–Kier alpha value is -0.610. The van der Waals surface area contributed by atoms with E-state index in [4.69, 9.17) is 4.74 Å². The first kappa shape index (κ1) is 13.8. The second kappa shape index (κ2) is 6.53. The molecular formula is C14H26N2O2. The molecule has 0 aromatic rings. The van der Waals surface area contributed by atoms with Crippen molar-refractivity contribution in [1.29, 1.82) is 0 Å². The summed E-state index contributed by atoms with van der Waals surface area (Å²) in [5.41, 5.74) is 0. The fourth-order valence-corrected chi connectivity index (χ4v) is 3.04. The highest BCUT2D eigenvalue weighted by Crippen LogP contribution is 2.25. The minimum atomic E-state index is 0.119. The van der Waals surface area contributed by atoms with E-state index in [1.54, 1.807) is 0 Å². The van der Waals surface area contributed by atoms with Crippen LogP contribution in [-0.4, -0.2) is 50.2 Å². The number of amides is 1. The largest absolute Gasteiger partial charge is 0.378 e. The minimum Gasteiger partial charge on any atom is -0.378 e. The van der Waals surface area contributed by atoms with Crippen molar-refractivity contribution in [1.82, 2.24) is 10.2 Å². The summed E-state index contributed by atoms with van der Waals surface area (Å²) in [6.45, 7) is 5.65. The van der Waals surface area contributed by atoms with Crippen molar-refractivity contribution < 1.29 is 9.53 Å². The van der Waals surface area contributed by atoms with Crippen LogP contribution in [0.15, 0.2) is 0 Å². The van der Waals surface area contributed by atoms with Crippen molar-refractivity contribution in [3.8, 4) is 0 Å². The van der Waals surface area contributed by atoms with Crippen LogP contribution in [0.5, 0.6) is 0 Å². The van der Waals surface area contributed by atoms with Crippen LogP contribution in [0.4, 0.5) is 0 Å². The first-order valence-corrected chi connectivity index (χ1v) is 7.25. The number of hydrogen-bond acceptors (Lipinski definition) is 3. The van der Waals surface area contributed by atoms with Crippen LogP contribution in [-0.2, 0) is 9.53 Å². The standard InChI is InChI=1S/C14H26N2O2/c1-11-9-13(10-18-11)14(17)16-7-4-12(5-8-16)3-6-15-2/h11-13,15H,3-10H2,1-2H3. The van der Waals surface area contributed by atoms with Gasteiger partial charge in [-0.15, -0.1) is 0 Å². The number of piperidine rings is 1. The lowest BCUT2D eigenvalue weighted by Crippen LogP contribution is -2.42. The maximum Gasteiger partial charge on any atom is 0.228 e. The summed E-state index contributed by atoms with van der Waals surface area (Å²) in [5, 5.41) is 3.20. The maximum atomic E-state index is 12.3. The van der Waals surface area contributed by atoms with Gasteiger partial charge in [-0.3, -0.25) is 4.79 Å². The van der Waals surface area contributed by atoms with Crippen LogP contribution in [0.1, 0.15) is 32.6 Å². The molecule has 0 spiro atoms. The number of ether oxygens (including phenoxy) is 1. The Morgan fingerprint density at radius 2 is 2.11 bits per heavy atom. The molecule has 2 fully saturated rings. The molecule has 0 radical (unpaired) electrons. The Labute approximate surface area is 110 Å². The van der Waals surface area contributed by atoms with E-state index < -0.39 is 0 Å². The van der Waals surface area contributed by atoms with E-state index in [0.717, 1.165) is 44.8 Å². The van der Waals surface area contributed by atoms with Crippen LogP contribution in [0.3, 0.4) is 0 Å². The highest BCUT2D eigenvalue weighted by molar-refractivity contribution is 5.79. The molecule has 18 heavy (non-hydrogen) atoms. The molecule has 2 rings (SSSR count).